The Balaban J connectivity index is 2.31. The van der Waals surface area contributed by atoms with Gasteiger partial charge in [-0.25, -0.2) is 4.79 Å². The predicted octanol–water partition coefficient (Wildman–Crippen LogP) is 1.67. The van der Waals surface area contributed by atoms with E-state index in [1.165, 1.54) is 0 Å². The van der Waals surface area contributed by atoms with Gasteiger partial charge in [-0.2, -0.15) is 0 Å². The monoisotopic (exact) mass is 379 g/mol. The SMILES string of the molecule is CC(C)NC12CCN(C1)C(=O)OCC=CCC(C)(C(=O)C(C)C)NCC2=O. The molecular formula is C20H33N3O4. The van der Waals surface area contributed by atoms with Gasteiger partial charge >= 0.3 is 6.09 Å². The standard InChI is InChI=1S/C20H33N3O4/c1-14(2)17(25)19(5)8-6-7-11-27-18(26)23-10-9-20(13-23,22-15(3)4)16(24)12-21-19/h6-7,14-15,21-22H,8-13H2,1-5H3. The van der Waals surface area contributed by atoms with Gasteiger partial charge in [-0.3, -0.25) is 14.9 Å². The number of nitrogens with one attached hydrogen (secondary N) is 2. The number of ether oxygens (including phenoxy) is 1. The van der Waals surface area contributed by atoms with E-state index in [9.17, 15) is 14.4 Å². The summed E-state index contributed by atoms with van der Waals surface area (Å²) in [7, 11) is 0. The van der Waals surface area contributed by atoms with Crippen molar-refractivity contribution in [3.63, 3.8) is 0 Å². The first-order chi connectivity index (χ1) is 12.6. The Bertz CT molecular complexity index is 616. The maximum Gasteiger partial charge on any atom is 0.410 e. The normalized spacial score (nSPS) is 30.1. The summed E-state index contributed by atoms with van der Waals surface area (Å²) in [6, 6.07) is 0.0888. The van der Waals surface area contributed by atoms with Crippen molar-refractivity contribution >= 4 is 17.7 Å². The summed E-state index contributed by atoms with van der Waals surface area (Å²) < 4.78 is 5.30. The summed E-state index contributed by atoms with van der Waals surface area (Å²) >= 11 is 0. The van der Waals surface area contributed by atoms with E-state index in [-0.39, 0.29) is 43.2 Å². The summed E-state index contributed by atoms with van der Waals surface area (Å²) in [5.41, 5.74) is -1.65. The van der Waals surface area contributed by atoms with Crippen LogP contribution in [0.25, 0.3) is 0 Å². The molecule has 2 heterocycles. The number of Topliss-reactive ketones (excluding diaryl/α,β-unsaturated/α-hetero) is 2. The molecule has 0 aromatic carbocycles. The van der Waals surface area contributed by atoms with E-state index >= 15 is 0 Å². The van der Waals surface area contributed by atoms with Gasteiger partial charge in [-0.05, 0) is 33.6 Å². The molecule has 2 aliphatic heterocycles. The third kappa shape index (κ3) is 4.96. The number of carbonyl (C=O) groups is 3. The molecule has 0 aromatic heterocycles. The van der Waals surface area contributed by atoms with Crippen molar-refractivity contribution in [1.29, 1.82) is 0 Å². The first-order valence-electron chi connectivity index (χ1n) is 9.77. The number of hydrogen-bond donors (Lipinski definition) is 2. The molecule has 2 unspecified atom stereocenters. The topological polar surface area (TPSA) is 87.7 Å². The van der Waals surface area contributed by atoms with Gasteiger partial charge in [0.25, 0.3) is 0 Å². The highest BCUT2D eigenvalue weighted by molar-refractivity contribution is 5.94. The molecule has 0 aliphatic carbocycles. The summed E-state index contributed by atoms with van der Waals surface area (Å²) in [5.74, 6) is -0.118. The zero-order valence-corrected chi connectivity index (χ0v) is 17.1. The second-order valence-electron chi connectivity index (χ2n) is 8.43. The first-order valence-corrected chi connectivity index (χ1v) is 9.77. The van der Waals surface area contributed by atoms with E-state index in [2.05, 4.69) is 10.6 Å². The van der Waals surface area contributed by atoms with Crippen LogP contribution in [0, 0.1) is 5.92 Å². The van der Waals surface area contributed by atoms with Crippen LogP contribution in [0.3, 0.4) is 0 Å². The molecule has 2 rings (SSSR count). The summed E-state index contributed by atoms with van der Waals surface area (Å²) in [6.07, 6.45) is 4.14. The van der Waals surface area contributed by atoms with Crippen molar-refractivity contribution in [3.8, 4) is 0 Å². The smallest absolute Gasteiger partial charge is 0.410 e. The van der Waals surface area contributed by atoms with Gasteiger partial charge in [0.2, 0.25) is 0 Å². The van der Waals surface area contributed by atoms with Crippen LogP contribution in [0.2, 0.25) is 0 Å². The van der Waals surface area contributed by atoms with Gasteiger partial charge in [0.1, 0.15) is 6.61 Å². The van der Waals surface area contributed by atoms with E-state index in [1.807, 2.05) is 40.7 Å². The lowest BCUT2D eigenvalue weighted by Crippen LogP contribution is -2.61. The molecule has 0 aromatic rings. The van der Waals surface area contributed by atoms with E-state index in [1.54, 1.807) is 11.0 Å². The zero-order valence-electron chi connectivity index (χ0n) is 17.1. The fourth-order valence-corrected chi connectivity index (χ4v) is 3.88. The Labute approximate surface area is 161 Å². The quantitative estimate of drug-likeness (QED) is 0.723. The highest BCUT2D eigenvalue weighted by Crippen LogP contribution is 2.25. The van der Waals surface area contributed by atoms with Crippen molar-refractivity contribution in [3.05, 3.63) is 12.2 Å². The molecule has 1 saturated heterocycles. The number of carbonyl (C=O) groups excluding carboxylic acids is 3. The predicted molar refractivity (Wildman–Crippen MR) is 104 cm³/mol. The maximum absolute atomic E-state index is 13.2. The van der Waals surface area contributed by atoms with Gasteiger partial charge in [-0.1, -0.05) is 26.0 Å². The molecule has 152 valence electrons. The fraction of sp³-hybridized carbons (Fsp3) is 0.750. The molecule has 27 heavy (non-hydrogen) atoms. The van der Waals surface area contributed by atoms with Crippen LogP contribution in [-0.4, -0.2) is 65.9 Å². The van der Waals surface area contributed by atoms with Gasteiger partial charge in [-0.15, -0.1) is 0 Å². The number of nitrogens with zero attached hydrogens (tertiary/aromatic N) is 1. The van der Waals surface area contributed by atoms with Crippen LogP contribution in [0.1, 0.15) is 47.5 Å². The van der Waals surface area contributed by atoms with Crippen molar-refractivity contribution in [2.75, 3.05) is 26.2 Å². The molecule has 2 atom stereocenters. The second-order valence-corrected chi connectivity index (χ2v) is 8.43. The molecular weight excluding hydrogens is 346 g/mol. The van der Waals surface area contributed by atoms with Gasteiger partial charge in [0.15, 0.2) is 11.6 Å². The van der Waals surface area contributed by atoms with Crippen LogP contribution in [0.15, 0.2) is 12.2 Å². The molecule has 7 heteroatoms. The lowest BCUT2D eigenvalue weighted by atomic mass is 9.84. The number of cyclic esters (lactones) is 1. The molecule has 0 radical (unpaired) electrons. The average molecular weight is 380 g/mol. The third-order valence-electron chi connectivity index (χ3n) is 5.33. The second kappa shape index (κ2) is 8.52. The molecule has 2 aliphatic rings. The summed E-state index contributed by atoms with van der Waals surface area (Å²) in [4.78, 5) is 39.8. The lowest BCUT2D eigenvalue weighted by Gasteiger charge is -2.34. The van der Waals surface area contributed by atoms with Crippen LogP contribution < -0.4 is 10.6 Å². The number of amides is 1. The lowest BCUT2D eigenvalue weighted by molar-refractivity contribution is -0.129. The highest BCUT2D eigenvalue weighted by atomic mass is 16.6. The molecule has 7 nitrogen and oxygen atoms in total. The van der Waals surface area contributed by atoms with Crippen LogP contribution in [0.5, 0.6) is 0 Å². The Kier molecular flexibility index (Phi) is 6.81. The van der Waals surface area contributed by atoms with Crippen molar-refractivity contribution in [1.82, 2.24) is 15.5 Å². The third-order valence-corrected chi connectivity index (χ3v) is 5.33. The van der Waals surface area contributed by atoms with E-state index < -0.39 is 17.2 Å². The van der Waals surface area contributed by atoms with Crippen molar-refractivity contribution < 1.29 is 19.1 Å². The number of ketones is 2. The summed E-state index contributed by atoms with van der Waals surface area (Å²) in [5, 5.41) is 6.59. The number of fused-ring (bicyclic) bond motifs is 2. The molecule has 2 N–H and O–H groups in total. The summed E-state index contributed by atoms with van der Waals surface area (Å²) in [6.45, 7) is 10.5. The molecule has 0 spiro atoms. The van der Waals surface area contributed by atoms with Crippen molar-refractivity contribution in [2.24, 2.45) is 5.92 Å². The Morgan fingerprint density at radius 1 is 1.26 bits per heavy atom. The molecule has 0 saturated carbocycles. The van der Waals surface area contributed by atoms with E-state index in [0.717, 1.165) is 0 Å². The highest BCUT2D eigenvalue weighted by Gasteiger charge is 2.47. The Morgan fingerprint density at radius 2 is 1.96 bits per heavy atom. The largest absolute Gasteiger partial charge is 0.445 e. The minimum Gasteiger partial charge on any atom is -0.445 e. The maximum atomic E-state index is 13.2. The van der Waals surface area contributed by atoms with Gasteiger partial charge in [0, 0.05) is 25.0 Å². The van der Waals surface area contributed by atoms with Crippen molar-refractivity contribution in [2.45, 2.75) is 64.6 Å². The molecule has 2 bridgehead atoms. The fourth-order valence-electron chi connectivity index (χ4n) is 3.88. The van der Waals surface area contributed by atoms with E-state index in [0.29, 0.717) is 19.4 Å². The van der Waals surface area contributed by atoms with Crippen LogP contribution >= 0.6 is 0 Å². The van der Waals surface area contributed by atoms with Gasteiger partial charge in [0.05, 0.1) is 17.6 Å². The average Bonchev–Trinajstić information content (AvgIpc) is 3.02. The zero-order chi connectivity index (χ0) is 20.2. The minimum absolute atomic E-state index is 0.0301. The number of rotatable bonds is 4. The van der Waals surface area contributed by atoms with Crippen LogP contribution in [-0.2, 0) is 14.3 Å². The number of hydrogen-bond acceptors (Lipinski definition) is 6. The molecule has 1 amide bonds. The Hall–Kier alpha value is -1.73. The Morgan fingerprint density at radius 3 is 2.59 bits per heavy atom. The molecule has 1 fully saturated rings. The van der Waals surface area contributed by atoms with Crippen LogP contribution in [0.4, 0.5) is 4.79 Å². The van der Waals surface area contributed by atoms with Gasteiger partial charge < -0.3 is 15.0 Å². The minimum atomic E-state index is -0.838. The van der Waals surface area contributed by atoms with E-state index in [4.69, 9.17) is 4.74 Å². The first kappa shape index (κ1) is 21.6.